The number of guanidine groups is 1. The van der Waals surface area contributed by atoms with Gasteiger partial charge in [0, 0.05) is 19.4 Å². The van der Waals surface area contributed by atoms with Gasteiger partial charge in [-0.2, -0.15) is 0 Å². The van der Waals surface area contributed by atoms with Crippen molar-refractivity contribution >= 4 is 94.7 Å². The van der Waals surface area contributed by atoms with Crippen molar-refractivity contribution in [3.05, 3.63) is 35.9 Å². The molecule has 38 heteroatoms. The Balaban J connectivity index is 3.44. The van der Waals surface area contributed by atoms with Crippen LogP contribution in [0, 0.1) is 11.8 Å². The summed E-state index contributed by atoms with van der Waals surface area (Å²) in [7, 11) is 0. The van der Waals surface area contributed by atoms with Crippen LogP contribution >= 0.6 is 0 Å². The average Bonchev–Trinajstić information content (AvgIpc) is 0.882. The van der Waals surface area contributed by atoms with E-state index in [-0.39, 0.29) is 56.4 Å². The molecule has 96 heavy (non-hydrogen) atoms. The number of amides is 13. The summed E-state index contributed by atoms with van der Waals surface area (Å²) in [5.41, 5.74) is 21.9. The van der Waals surface area contributed by atoms with Crippen LogP contribution in [0.4, 0.5) is 0 Å². The Bertz CT molecular complexity index is 2880. The molecule has 0 saturated heterocycles. The Morgan fingerprint density at radius 1 is 0.469 bits per heavy atom. The molecule has 0 heterocycles. The van der Waals surface area contributed by atoms with Crippen LogP contribution < -0.4 is 86.7 Å². The van der Waals surface area contributed by atoms with Crippen molar-refractivity contribution in [1.82, 2.24) is 63.8 Å². The maximum atomic E-state index is 14.2. The first kappa shape index (κ1) is 84.4. The zero-order valence-electron chi connectivity index (χ0n) is 54.7. The molecule has 0 bridgehead atoms. The molecule has 14 atom stereocenters. The molecule has 26 N–H and O–H groups in total. The van der Waals surface area contributed by atoms with Crippen LogP contribution in [0.1, 0.15) is 106 Å². The normalized spacial score (nSPS) is 15.4. The van der Waals surface area contributed by atoms with Crippen molar-refractivity contribution in [1.29, 1.82) is 0 Å². The number of nitrogens with zero attached hydrogens (tertiary/aromatic N) is 1. The van der Waals surface area contributed by atoms with E-state index in [1.165, 1.54) is 19.1 Å². The van der Waals surface area contributed by atoms with Gasteiger partial charge in [-0.3, -0.25) is 72.1 Å². The summed E-state index contributed by atoms with van der Waals surface area (Å²) in [4.78, 5) is 202. The Labute approximate surface area is 552 Å². The van der Waals surface area contributed by atoms with Crippen LogP contribution in [0.2, 0.25) is 0 Å². The molecule has 1 aromatic carbocycles. The first-order valence-electron chi connectivity index (χ1n) is 30.6. The fourth-order valence-electron chi connectivity index (χ4n) is 8.73. The Morgan fingerprint density at radius 2 is 0.896 bits per heavy atom. The van der Waals surface area contributed by atoms with Gasteiger partial charge in [0.2, 0.25) is 76.8 Å². The van der Waals surface area contributed by atoms with Crippen LogP contribution in [-0.4, -0.2) is 236 Å². The minimum Gasteiger partial charge on any atom is -0.481 e. The number of hydrogen-bond donors (Lipinski definition) is 22. The SMILES string of the molecule is CC(C)C[C@H](NC(=O)CNC(=O)[C@@H](N)CO)C(=O)N[C@@H](CC(C)C)C(=O)N[C@@H](CCC(=O)O)C(=O)N[C@H](C(=O)N[C@@H](CC(N)=O)C(=O)N[C@@H](Cc1ccccc1)C(=O)N[C@H](C(=O)N[C@@H](C)C(=O)N[C@@H](CO)C(=O)N[C@@H](C)C(=O)N[C@@H](CCCN=C(N)N)C(=O)O)[C@@H](C)O)[C@@H](C)O. The highest BCUT2D eigenvalue weighted by molar-refractivity contribution is 6.00. The summed E-state index contributed by atoms with van der Waals surface area (Å²) in [5.74, 6) is -18.0. The summed E-state index contributed by atoms with van der Waals surface area (Å²) in [6.07, 6.45) is -6.42. The highest BCUT2D eigenvalue weighted by Gasteiger charge is 2.38. The quantitative estimate of drug-likeness (QED) is 0.0164. The average molecular weight is 1370 g/mol. The zero-order chi connectivity index (χ0) is 73.3. The summed E-state index contributed by atoms with van der Waals surface area (Å²) < 4.78 is 0. The van der Waals surface area contributed by atoms with Gasteiger partial charge in [0.25, 0.3) is 0 Å². The summed E-state index contributed by atoms with van der Waals surface area (Å²) in [5, 5.41) is 87.4. The molecule has 0 aliphatic rings. The molecule has 1 rings (SSSR count). The lowest BCUT2D eigenvalue weighted by Crippen LogP contribution is -2.63. The number of carboxylic acid groups (broad SMARTS) is 2. The number of aliphatic hydroxyl groups excluding tert-OH is 4. The van der Waals surface area contributed by atoms with E-state index < -0.39 is 212 Å². The molecule has 0 fully saturated rings. The van der Waals surface area contributed by atoms with E-state index in [0.717, 1.165) is 20.8 Å². The van der Waals surface area contributed by atoms with Crippen molar-refractivity contribution in [3.63, 3.8) is 0 Å². The van der Waals surface area contributed by atoms with Gasteiger partial charge in [-0.1, -0.05) is 58.0 Å². The summed E-state index contributed by atoms with van der Waals surface area (Å²) in [6, 6.07) is -12.0. The molecule has 0 spiro atoms. The number of rotatable bonds is 44. The van der Waals surface area contributed by atoms with E-state index in [1.807, 2.05) is 0 Å². The maximum absolute atomic E-state index is 14.2. The number of primary amides is 1. The predicted octanol–water partition coefficient (Wildman–Crippen LogP) is -9.24. The second-order valence-electron chi connectivity index (χ2n) is 23.4. The van der Waals surface area contributed by atoms with Gasteiger partial charge >= 0.3 is 11.9 Å². The van der Waals surface area contributed by atoms with Crippen molar-refractivity contribution in [3.8, 4) is 0 Å². The smallest absolute Gasteiger partial charge is 0.326 e. The van der Waals surface area contributed by atoms with E-state index in [1.54, 1.807) is 45.9 Å². The number of aliphatic imine (C=N–C) groups is 1. The van der Waals surface area contributed by atoms with Crippen molar-refractivity contribution in [2.24, 2.45) is 39.8 Å². The lowest BCUT2D eigenvalue weighted by Gasteiger charge is -2.29. The predicted molar refractivity (Wildman–Crippen MR) is 338 cm³/mol. The zero-order valence-corrected chi connectivity index (χ0v) is 54.7. The van der Waals surface area contributed by atoms with Gasteiger partial charge in [0.15, 0.2) is 5.96 Å². The van der Waals surface area contributed by atoms with Crippen LogP contribution in [-0.2, 0) is 78.3 Å². The molecular formula is C58H95N17O21. The number of carbonyl (C=O) groups excluding carboxylic acids is 13. The van der Waals surface area contributed by atoms with Crippen LogP contribution in [0.25, 0.3) is 0 Å². The minimum atomic E-state index is -2.06. The standard InChI is InChI=1S/C58H95N17O21/c1-26(2)19-36(67-42(81)23-64-48(86)33(59)24-76)50(88)70-37(20-27(3)4)51(89)68-34(16-17-43(82)83)49(87)74-45(31(8)79)56(94)72-39(22-41(60)80)52(90)71-38(21-32-13-10-9-11-14-32)53(91)75-44(30(7)78)55(93)66-29(6)47(85)73-40(25-77)54(92)65-28(5)46(84)69-35(57(95)96)15-12-18-63-58(61)62/h9-11,13-14,26-31,33-40,44-45,76-79H,12,15-25,59H2,1-8H3,(H2,60,80)(H,64,86)(H,65,92)(H,66,93)(H,67,81)(H,68,89)(H,69,84)(H,70,88)(H,71,90)(H,72,94)(H,73,85)(H,74,87)(H,75,91)(H,82,83)(H,95,96)(H4,61,62,63)/t28-,29-,30+,31+,33-,34-,35-,36-,37-,38-,39-,40-,44-,45-/m0/s1. The fraction of sp³-hybridized carbons (Fsp3) is 0.621. The number of nitrogens with two attached hydrogens (primary N) is 4. The molecule has 13 amide bonds. The highest BCUT2D eigenvalue weighted by atomic mass is 16.4. The van der Waals surface area contributed by atoms with Gasteiger partial charge < -0.3 is 117 Å². The maximum Gasteiger partial charge on any atom is 0.326 e. The first-order valence-corrected chi connectivity index (χ1v) is 30.6. The molecule has 1 aromatic rings. The third-order valence-corrected chi connectivity index (χ3v) is 13.9. The molecular weight excluding hydrogens is 1270 g/mol. The molecule has 0 saturated carbocycles. The van der Waals surface area contributed by atoms with Gasteiger partial charge in [0.1, 0.15) is 72.5 Å². The third kappa shape index (κ3) is 32.0. The summed E-state index contributed by atoms with van der Waals surface area (Å²) in [6.45, 7) is 8.85. The van der Waals surface area contributed by atoms with Gasteiger partial charge in [-0.15, -0.1) is 0 Å². The van der Waals surface area contributed by atoms with E-state index in [0.29, 0.717) is 5.56 Å². The molecule has 0 aliphatic carbocycles. The van der Waals surface area contributed by atoms with E-state index >= 15 is 0 Å². The Kier molecular flexibility index (Phi) is 37.5. The monoisotopic (exact) mass is 1370 g/mol. The van der Waals surface area contributed by atoms with E-state index in [4.69, 9.17) is 28.0 Å². The molecule has 0 aliphatic heterocycles. The second-order valence-corrected chi connectivity index (χ2v) is 23.4. The Hall–Kier alpha value is -9.66. The summed E-state index contributed by atoms with van der Waals surface area (Å²) >= 11 is 0. The van der Waals surface area contributed by atoms with E-state index in [2.05, 4.69) is 68.8 Å². The number of carbonyl (C=O) groups is 15. The van der Waals surface area contributed by atoms with Gasteiger partial charge in [-0.25, -0.2) is 4.79 Å². The minimum absolute atomic E-state index is 0.0237. The molecule has 0 radical (unpaired) electrons. The van der Waals surface area contributed by atoms with Gasteiger partial charge in [-0.05, 0) is 77.2 Å². The van der Waals surface area contributed by atoms with Crippen molar-refractivity contribution in [2.45, 2.75) is 191 Å². The number of benzene rings is 1. The van der Waals surface area contributed by atoms with Crippen LogP contribution in [0.3, 0.4) is 0 Å². The fourth-order valence-corrected chi connectivity index (χ4v) is 8.73. The van der Waals surface area contributed by atoms with Gasteiger partial charge in [0.05, 0.1) is 38.4 Å². The molecule has 38 nitrogen and oxygen atoms in total. The second kappa shape index (κ2) is 42.6. The van der Waals surface area contributed by atoms with Crippen LogP contribution in [0.5, 0.6) is 0 Å². The Morgan fingerprint density at radius 3 is 1.36 bits per heavy atom. The molecule has 538 valence electrons. The number of carboxylic acids is 2. The first-order chi connectivity index (χ1) is 44.8. The number of nitrogens with one attached hydrogen (secondary N) is 12. The number of hydrogen-bond acceptors (Lipinski definition) is 21. The topological polar surface area (TPSA) is 638 Å². The highest BCUT2D eigenvalue weighted by Crippen LogP contribution is 2.13. The van der Waals surface area contributed by atoms with Crippen molar-refractivity contribution < 1.29 is 103 Å². The number of aliphatic carboxylic acids is 2. The molecule has 0 unspecified atom stereocenters. The third-order valence-electron chi connectivity index (χ3n) is 13.9. The largest absolute Gasteiger partial charge is 0.481 e. The lowest BCUT2D eigenvalue weighted by atomic mass is 9.99. The lowest BCUT2D eigenvalue weighted by molar-refractivity contribution is -0.142. The number of aliphatic hydroxyl groups is 4. The van der Waals surface area contributed by atoms with Crippen LogP contribution in [0.15, 0.2) is 35.3 Å². The molecule has 0 aromatic heterocycles. The van der Waals surface area contributed by atoms with Crippen molar-refractivity contribution in [2.75, 3.05) is 26.3 Å². The van der Waals surface area contributed by atoms with E-state index in [9.17, 15) is 97.5 Å².